The molecule has 0 saturated carbocycles. The molecule has 0 radical (unpaired) electrons. The zero-order valence-electron chi connectivity index (χ0n) is 24.3. The molecule has 0 bridgehead atoms. The molecule has 3 rings (SSSR count). The number of pyridine rings is 1. The van der Waals surface area contributed by atoms with Crippen molar-refractivity contribution in [1.29, 1.82) is 0 Å². The zero-order chi connectivity index (χ0) is 29.8. The number of carbonyl (C=O) groups is 3. The molecule has 4 atom stereocenters. The van der Waals surface area contributed by atoms with Crippen molar-refractivity contribution in [3.63, 3.8) is 0 Å². The topological polar surface area (TPSA) is 132 Å². The first kappa shape index (κ1) is 31.8. The molecule has 1 aliphatic rings. The number of amides is 1. The fourth-order valence-electron chi connectivity index (χ4n) is 4.43. The van der Waals surface area contributed by atoms with Gasteiger partial charge in [-0.2, -0.15) is 0 Å². The minimum Gasteiger partial charge on any atom is -0.493 e. The average Bonchev–Trinajstić information content (AvgIpc) is 2.99. The third-order valence-electron chi connectivity index (χ3n) is 6.47. The van der Waals surface area contributed by atoms with Gasteiger partial charge in [0.05, 0.1) is 26.4 Å². The van der Waals surface area contributed by atoms with Gasteiger partial charge in [-0.3, -0.25) is 9.59 Å². The number of aryl methyl sites for hydroxylation is 1. The summed E-state index contributed by atoms with van der Waals surface area (Å²) in [5.74, 6) is -1.52. The van der Waals surface area contributed by atoms with E-state index in [0.29, 0.717) is 19.1 Å². The van der Waals surface area contributed by atoms with E-state index in [-0.39, 0.29) is 35.8 Å². The SMILES string of the molecule is COc1ccnc(C(=O)N[C@H]2COC[C@H](CCc3ccccc3)[C@@H](OCC(C)C)[C@H](C)OC2=O)c1OCOC(C)=O. The van der Waals surface area contributed by atoms with E-state index in [9.17, 15) is 14.4 Å². The summed E-state index contributed by atoms with van der Waals surface area (Å²) in [7, 11) is 1.40. The summed E-state index contributed by atoms with van der Waals surface area (Å²) in [5.41, 5.74) is 1.04. The first-order valence-corrected chi connectivity index (χ1v) is 13.7. The van der Waals surface area contributed by atoms with Crippen molar-refractivity contribution < 1.29 is 42.8 Å². The van der Waals surface area contributed by atoms with E-state index in [1.54, 1.807) is 6.92 Å². The van der Waals surface area contributed by atoms with Crippen LogP contribution in [-0.4, -0.2) is 74.8 Å². The minimum atomic E-state index is -1.11. The Morgan fingerprint density at radius 2 is 1.90 bits per heavy atom. The maximum Gasteiger partial charge on any atom is 0.331 e. The second-order valence-corrected chi connectivity index (χ2v) is 10.3. The summed E-state index contributed by atoms with van der Waals surface area (Å²) in [6.07, 6.45) is 1.97. The molecule has 1 aliphatic heterocycles. The first-order chi connectivity index (χ1) is 19.7. The van der Waals surface area contributed by atoms with E-state index in [2.05, 4.69) is 36.3 Å². The normalized spacial score (nSPS) is 21.2. The molecule has 1 amide bonds. The lowest BCUT2D eigenvalue weighted by Crippen LogP contribution is -2.46. The fourth-order valence-corrected chi connectivity index (χ4v) is 4.43. The van der Waals surface area contributed by atoms with Crippen LogP contribution in [0.25, 0.3) is 0 Å². The van der Waals surface area contributed by atoms with Crippen molar-refractivity contribution in [3.8, 4) is 11.5 Å². The lowest BCUT2D eigenvalue weighted by Gasteiger charge is -2.31. The number of methoxy groups -OCH3 is 1. The molecule has 224 valence electrons. The van der Waals surface area contributed by atoms with Gasteiger partial charge in [0.15, 0.2) is 23.2 Å². The number of rotatable bonds is 12. The molecule has 2 heterocycles. The van der Waals surface area contributed by atoms with Gasteiger partial charge in [-0.1, -0.05) is 44.2 Å². The number of ether oxygens (including phenoxy) is 6. The van der Waals surface area contributed by atoms with Crippen LogP contribution in [0.3, 0.4) is 0 Å². The summed E-state index contributed by atoms with van der Waals surface area (Å²) >= 11 is 0. The fraction of sp³-hybridized carbons (Fsp3) is 0.533. The van der Waals surface area contributed by atoms with Crippen LogP contribution in [0, 0.1) is 11.8 Å². The Kier molecular flexibility index (Phi) is 12.4. The van der Waals surface area contributed by atoms with Crippen LogP contribution in [0.15, 0.2) is 42.6 Å². The highest BCUT2D eigenvalue weighted by Gasteiger charge is 2.36. The predicted molar refractivity (Wildman–Crippen MR) is 149 cm³/mol. The Morgan fingerprint density at radius 1 is 1.15 bits per heavy atom. The van der Waals surface area contributed by atoms with Crippen LogP contribution in [0.5, 0.6) is 11.5 Å². The van der Waals surface area contributed by atoms with Crippen LogP contribution in [0.1, 0.15) is 50.2 Å². The molecule has 0 unspecified atom stereocenters. The van der Waals surface area contributed by atoms with Crippen molar-refractivity contribution in [3.05, 3.63) is 53.9 Å². The number of aromatic nitrogens is 1. The van der Waals surface area contributed by atoms with Gasteiger partial charge >= 0.3 is 11.9 Å². The molecule has 0 spiro atoms. The summed E-state index contributed by atoms with van der Waals surface area (Å²) < 4.78 is 33.6. The molecule has 1 saturated heterocycles. The molecular weight excluding hydrogens is 532 g/mol. The molecule has 2 aromatic rings. The zero-order valence-corrected chi connectivity index (χ0v) is 24.3. The largest absolute Gasteiger partial charge is 0.493 e. The van der Waals surface area contributed by atoms with Crippen molar-refractivity contribution in [2.24, 2.45) is 11.8 Å². The number of carbonyl (C=O) groups excluding carboxylic acids is 3. The third-order valence-corrected chi connectivity index (χ3v) is 6.47. The minimum absolute atomic E-state index is 0.0393. The number of nitrogens with one attached hydrogen (secondary N) is 1. The van der Waals surface area contributed by atoms with Crippen molar-refractivity contribution in [2.75, 3.05) is 33.7 Å². The monoisotopic (exact) mass is 572 g/mol. The van der Waals surface area contributed by atoms with Crippen LogP contribution in [0.4, 0.5) is 0 Å². The Labute approximate surface area is 240 Å². The maximum absolute atomic E-state index is 13.3. The smallest absolute Gasteiger partial charge is 0.331 e. The molecule has 0 aliphatic carbocycles. The lowest BCUT2D eigenvalue weighted by molar-refractivity contribution is -0.161. The summed E-state index contributed by atoms with van der Waals surface area (Å²) in [5, 5.41) is 2.64. The highest BCUT2D eigenvalue weighted by Crippen LogP contribution is 2.30. The number of hydrogen-bond donors (Lipinski definition) is 1. The Hall–Kier alpha value is -3.70. The first-order valence-electron chi connectivity index (χ1n) is 13.7. The van der Waals surface area contributed by atoms with Crippen LogP contribution >= 0.6 is 0 Å². The van der Waals surface area contributed by atoms with E-state index >= 15 is 0 Å². The molecule has 41 heavy (non-hydrogen) atoms. The maximum atomic E-state index is 13.3. The van der Waals surface area contributed by atoms with Gasteiger partial charge in [0, 0.05) is 31.7 Å². The molecular formula is C30H40N2O9. The molecule has 1 N–H and O–H groups in total. The molecule has 11 nitrogen and oxygen atoms in total. The van der Waals surface area contributed by atoms with Gasteiger partial charge in [-0.05, 0) is 31.2 Å². The summed E-state index contributed by atoms with van der Waals surface area (Å²) in [6.45, 7) is 7.41. The average molecular weight is 573 g/mol. The summed E-state index contributed by atoms with van der Waals surface area (Å²) in [6, 6.07) is 10.5. The standard InChI is InChI=1S/C30H40N2O9/c1-19(2)15-38-27-20(3)41-30(35)24(17-37-16-23(27)12-11-22-9-7-6-8-10-22)32-29(34)26-28(40-18-39-21(4)33)25(36-5)13-14-31-26/h6-10,13-14,19-20,23-24,27H,11-12,15-18H2,1-5H3,(H,32,34)/t20-,23-,24-,27-/m0/s1. The number of cyclic esters (lactones) is 1. The van der Waals surface area contributed by atoms with E-state index < -0.39 is 36.8 Å². The Bertz CT molecular complexity index is 1140. The number of benzene rings is 1. The van der Waals surface area contributed by atoms with Gasteiger partial charge in [0.2, 0.25) is 6.79 Å². The quantitative estimate of drug-likeness (QED) is 0.298. The number of hydrogen-bond acceptors (Lipinski definition) is 10. The van der Waals surface area contributed by atoms with E-state index in [4.69, 9.17) is 28.4 Å². The molecule has 1 aromatic heterocycles. The second-order valence-electron chi connectivity index (χ2n) is 10.3. The Balaban J connectivity index is 1.76. The number of nitrogens with zero attached hydrogens (tertiary/aromatic N) is 1. The van der Waals surface area contributed by atoms with Gasteiger partial charge in [-0.15, -0.1) is 0 Å². The highest BCUT2D eigenvalue weighted by molar-refractivity contribution is 5.98. The van der Waals surface area contributed by atoms with E-state index in [0.717, 1.165) is 12.8 Å². The van der Waals surface area contributed by atoms with E-state index in [1.807, 2.05) is 18.2 Å². The van der Waals surface area contributed by atoms with Crippen LogP contribution in [0.2, 0.25) is 0 Å². The molecule has 1 aromatic carbocycles. The van der Waals surface area contributed by atoms with E-state index in [1.165, 1.54) is 31.9 Å². The van der Waals surface area contributed by atoms with Gasteiger partial charge in [-0.25, -0.2) is 9.78 Å². The molecule has 11 heteroatoms. The van der Waals surface area contributed by atoms with Crippen molar-refractivity contribution in [2.45, 2.75) is 58.8 Å². The van der Waals surface area contributed by atoms with Gasteiger partial charge in [0.25, 0.3) is 5.91 Å². The second kappa shape index (κ2) is 15.9. The van der Waals surface area contributed by atoms with Crippen molar-refractivity contribution in [1.82, 2.24) is 10.3 Å². The summed E-state index contributed by atoms with van der Waals surface area (Å²) in [4.78, 5) is 41.7. The molecule has 1 fully saturated rings. The van der Waals surface area contributed by atoms with Crippen LogP contribution in [-0.2, 0) is 35.0 Å². The lowest BCUT2D eigenvalue weighted by atomic mass is 9.92. The van der Waals surface area contributed by atoms with Gasteiger partial charge < -0.3 is 33.7 Å². The number of esters is 2. The van der Waals surface area contributed by atoms with Crippen molar-refractivity contribution >= 4 is 17.8 Å². The predicted octanol–water partition coefficient (Wildman–Crippen LogP) is 3.34. The Morgan fingerprint density at radius 3 is 2.59 bits per heavy atom. The van der Waals surface area contributed by atoms with Gasteiger partial charge in [0.1, 0.15) is 6.10 Å². The third kappa shape index (κ3) is 9.72. The highest BCUT2D eigenvalue weighted by atomic mass is 16.7. The van der Waals surface area contributed by atoms with Crippen LogP contribution < -0.4 is 14.8 Å².